The molecular weight excluding hydrogens is 239 g/mol. The summed E-state index contributed by atoms with van der Waals surface area (Å²) < 4.78 is 13.1. The Bertz CT molecular complexity index is 407. The minimum absolute atomic E-state index is 0.134. The van der Waals surface area contributed by atoms with Gasteiger partial charge in [-0.2, -0.15) is 0 Å². The standard InChI is InChI=1S/C14H18ClFO/c1-10-4-2-3-7-14(10,17)9-11-5-6-13(16)12(15)8-11/h5-6,8,10,17H,2-4,7,9H2,1H3. The number of aliphatic hydroxyl groups is 1. The van der Waals surface area contributed by atoms with Gasteiger partial charge >= 0.3 is 0 Å². The molecule has 1 aromatic rings. The largest absolute Gasteiger partial charge is 0.389 e. The first kappa shape index (κ1) is 12.8. The third kappa shape index (κ3) is 2.80. The molecule has 0 spiro atoms. The smallest absolute Gasteiger partial charge is 0.141 e. The van der Waals surface area contributed by atoms with Gasteiger partial charge in [-0.25, -0.2) is 4.39 Å². The maximum absolute atomic E-state index is 13.1. The van der Waals surface area contributed by atoms with Crippen LogP contribution in [0.3, 0.4) is 0 Å². The lowest BCUT2D eigenvalue weighted by atomic mass is 9.73. The Hall–Kier alpha value is -0.600. The van der Waals surface area contributed by atoms with Crippen molar-refractivity contribution in [2.24, 2.45) is 5.92 Å². The molecule has 3 heteroatoms. The molecule has 0 aliphatic heterocycles. The summed E-state index contributed by atoms with van der Waals surface area (Å²) in [6.45, 7) is 2.09. The number of benzene rings is 1. The van der Waals surface area contributed by atoms with Crippen molar-refractivity contribution in [1.29, 1.82) is 0 Å². The van der Waals surface area contributed by atoms with Crippen LogP contribution in [0, 0.1) is 11.7 Å². The Morgan fingerprint density at radius 2 is 2.24 bits per heavy atom. The second-order valence-corrected chi connectivity index (χ2v) is 5.58. The quantitative estimate of drug-likeness (QED) is 0.849. The molecule has 1 saturated carbocycles. The van der Waals surface area contributed by atoms with Crippen molar-refractivity contribution in [2.45, 2.75) is 44.6 Å². The molecule has 0 saturated heterocycles. The monoisotopic (exact) mass is 256 g/mol. The van der Waals surface area contributed by atoms with Gasteiger partial charge in [0, 0.05) is 6.42 Å². The molecule has 2 atom stereocenters. The molecule has 1 aromatic carbocycles. The van der Waals surface area contributed by atoms with Crippen LogP contribution in [0.1, 0.15) is 38.2 Å². The Balaban J connectivity index is 2.16. The van der Waals surface area contributed by atoms with E-state index in [-0.39, 0.29) is 5.02 Å². The van der Waals surface area contributed by atoms with Crippen LogP contribution in [-0.4, -0.2) is 10.7 Å². The second kappa shape index (κ2) is 4.95. The third-order valence-corrected chi connectivity index (χ3v) is 4.20. The lowest BCUT2D eigenvalue weighted by Crippen LogP contribution is -2.41. The molecule has 1 fully saturated rings. The predicted molar refractivity (Wildman–Crippen MR) is 67.7 cm³/mol. The van der Waals surface area contributed by atoms with Crippen LogP contribution in [0.2, 0.25) is 5.02 Å². The van der Waals surface area contributed by atoms with Gasteiger partial charge in [-0.15, -0.1) is 0 Å². The molecule has 1 N–H and O–H groups in total. The molecule has 1 nitrogen and oxygen atoms in total. The molecule has 0 aromatic heterocycles. The summed E-state index contributed by atoms with van der Waals surface area (Å²) in [5.74, 6) is -0.112. The summed E-state index contributed by atoms with van der Waals surface area (Å²) in [5, 5.41) is 10.8. The van der Waals surface area contributed by atoms with E-state index in [2.05, 4.69) is 6.92 Å². The van der Waals surface area contributed by atoms with E-state index in [4.69, 9.17) is 11.6 Å². The van der Waals surface area contributed by atoms with Crippen LogP contribution < -0.4 is 0 Å². The number of rotatable bonds is 2. The predicted octanol–water partition coefficient (Wildman–Crippen LogP) is 3.96. The SMILES string of the molecule is CC1CCCCC1(O)Cc1ccc(F)c(Cl)c1. The Morgan fingerprint density at radius 3 is 2.88 bits per heavy atom. The zero-order valence-electron chi connectivity index (χ0n) is 10.0. The lowest BCUT2D eigenvalue weighted by Gasteiger charge is -2.38. The van der Waals surface area contributed by atoms with Gasteiger partial charge in [0.2, 0.25) is 0 Å². The molecule has 2 rings (SSSR count). The highest BCUT2D eigenvalue weighted by molar-refractivity contribution is 6.30. The van der Waals surface area contributed by atoms with E-state index in [9.17, 15) is 9.50 Å². The zero-order valence-corrected chi connectivity index (χ0v) is 10.8. The minimum atomic E-state index is -0.653. The first-order valence-electron chi connectivity index (χ1n) is 6.17. The van der Waals surface area contributed by atoms with Crippen molar-refractivity contribution < 1.29 is 9.50 Å². The fourth-order valence-electron chi connectivity index (χ4n) is 2.66. The van der Waals surface area contributed by atoms with Crippen LogP contribution in [-0.2, 0) is 6.42 Å². The van der Waals surface area contributed by atoms with Crippen molar-refractivity contribution in [1.82, 2.24) is 0 Å². The van der Waals surface area contributed by atoms with E-state index in [1.54, 1.807) is 12.1 Å². The minimum Gasteiger partial charge on any atom is -0.389 e. The molecule has 0 amide bonds. The van der Waals surface area contributed by atoms with E-state index in [0.717, 1.165) is 24.8 Å². The molecule has 94 valence electrons. The zero-order chi connectivity index (χ0) is 12.5. The Kier molecular flexibility index (Phi) is 3.74. The summed E-state index contributed by atoms with van der Waals surface area (Å²) in [6.07, 6.45) is 4.70. The van der Waals surface area contributed by atoms with Gasteiger partial charge in [-0.05, 0) is 36.5 Å². The van der Waals surface area contributed by atoms with Gasteiger partial charge < -0.3 is 5.11 Å². The molecule has 17 heavy (non-hydrogen) atoms. The number of hydrogen-bond donors (Lipinski definition) is 1. The molecule has 2 unspecified atom stereocenters. The van der Waals surface area contributed by atoms with Crippen molar-refractivity contribution >= 4 is 11.6 Å². The van der Waals surface area contributed by atoms with Gasteiger partial charge in [-0.1, -0.05) is 37.4 Å². The van der Waals surface area contributed by atoms with Crippen LogP contribution in [0.15, 0.2) is 18.2 Å². The fourth-order valence-corrected chi connectivity index (χ4v) is 2.87. The van der Waals surface area contributed by atoms with Gasteiger partial charge in [0.15, 0.2) is 0 Å². The topological polar surface area (TPSA) is 20.2 Å². The van der Waals surface area contributed by atoms with Crippen molar-refractivity contribution in [3.63, 3.8) is 0 Å². The van der Waals surface area contributed by atoms with E-state index < -0.39 is 11.4 Å². The van der Waals surface area contributed by atoms with Crippen molar-refractivity contribution in [3.8, 4) is 0 Å². The number of hydrogen-bond acceptors (Lipinski definition) is 1. The Morgan fingerprint density at radius 1 is 1.47 bits per heavy atom. The summed E-state index contributed by atoms with van der Waals surface area (Å²) in [4.78, 5) is 0. The van der Waals surface area contributed by atoms with Crippen molar-refractivity contribution in [3.05, 3.63) is 34.6 Å². The summed E-state index contributed by atoms with van der Waals surface area (Å²) in [7, 11) is 0. The highest BCUT2D eigenvalue weighted by Crippen LogP contribution is 2.36. The van der Waals surface area contributed by atoms with E-state index >= 15 is 0 Å². The lowest BCUT2D eigenvalue weighted by molar-refractivity contribution is -0.0405. The maximum Gasteiger partial charge on any atom is 0.141 e. The first-order valence-corrected chi connectivity index (χ1v) is 6.55. The molecule has 0 radical (unpaired) electrons. The average molecular weight is 257 g/mol. The third-order valence-electron chi connectivity index (χ3n) is 3.91. The van der Waals surface area contributed by atoms with Crippen LogP contribution >= 0.6 is 11.6 Å². The molecular formula is C14H18ClFO. The molecule has 0 heterocycles. The highest BCUT2D eigenvalue weighted by atomic mass is 35.5. The van der Waals surface area contributed by atoms with E-state index in [0.29, 0.717) is 12.3 Å². The second-order valence-electron chi connectivity index (χ2n) is 5.18. The van der Waals surface area contributed by atoms with Crippen LogP contribution in [0.5, 0.6) is 0 Å². The van der Waals surface area contributed by atoms with Gasteiger partial charge in [-0.3, -0.25) is 0 Å². The van der Waals surface area contributed by atoms with Gasteiger partial charge in [0.05, 0.1) is 10.6 Å². The fraction of sp³-hybridized carbons (Fsp3) is 0.571. The van der Waals surface area contributed by atoms with E-state index in [1.165, 1.54) is 12.5 Å². The summed E-state index contributed by atoms with van der Waals surface area (Å²) >= 11 is 5.76. The summed E-state index contributed by atoms with van der Waals surface area (Å²) in [6, 6.07) is 4.70. The molecule has 0 bridgehead atoms. The van der Waals surface area contributed by atoms with Crippen molar-refractivity contribution in [2.75, 3.05) is 0 Å². The average Bonchev–Trinajstić information content (AvgIpc) is 2.28. The first-order chi connectivity index (χ1) is 8.01. The normalized spacial score (nSPS) is 29.3. The molecule has 1 aliphatic rings. The van der Waals surface area contributed by atoms with Gasteiger partial charge in [0.1, 0.15) is 5.82 Å². The van der Waals surface area contributed by atoms with Gasteiger partial charge in [0.25, 0.3) is 0 Å². The molecule has 1 aliphatic carbocycles. The van der Waals surface area contributed by atoms with Crippen LogP contribution in [0.4, 0.5) is 4.39 Å². The highest BCUT2D eigenvalue weighted by Gasteiger charge is 2.35. The number of halogens is 2. The van der Waals surface area contributed by atoms with Crippen LogP contribution in [0.25, 0.3) is 0 Å². The summed E-state index contributed by atoms with van der Waals surface area (Å²) in [5.41, 5.74) is 0.256. The van der Waals surface area contributed by atoms with E-state index in [1.807, 2.05) is 0 Å². The Labute approximate surface area is 107 Å². The maximum atomic E-state index is 13.1.